The van der Waals surface area contributed by atoms with Crippen molar-refractivity contribution in [3.8, 4) is 22.6 Å². The number of anilines is 1. The second-order valence-electron chi connectivity index (χ2n) is 4.79. The van der Waals surface area contributed by atoms with Crippen molar-refractivity contribution in [1.29, 1.82) is 0 Å². The molecule has 1 aromatic carbocycles. The Hall–Kier alpha value is -1.91. The van der Waals surface area contributed by atoms with Gasteiger partial charge in [0.2, 0.25) is 0 Å². The molecule has 21 heavy (non-hydrogen) atoms. The molecule has 3 rings (SSSR count). The molecule has 2 heterocycles. The topological polar surface area (TPSA) is 57.0 Å². The zero-order valence-electron chi connectivity index (χ0n) is 11.5. The number of furan rings is 1. The average molecular weight is 322 g/mol. The van der Waals surface area contributed by atoms with E-state index < -0.39 is 0 Å². The second kappa shape index (κ2) is 5.13. The highest BCUT2D eigenvalue weighted by Gasteiger charge is 2.21. The van der Waals surface area contributed by atoms with Gasteiger partial charge in [-0.05, 0) is 36.2 Å². The van der Waals surface area contributed by atoms with Crippen LogP contribution in [0.4, 0.5) is 5.82 Å². The Morgan fingerprint density at radius 2 is 1.95 bits per heavy atom. The normalized spacial score (nSPS) is 11.0. The summed E-state index contributed by atoms with van der Waals surface area (Å²) in [6.07, 6.45) is 1.63. The van der Waals surface area contributed by atoms with Crippen molar-refractivity contribution in [2.45, 2.75) is 6.92 Å². The first kappa shape index (κ1) is 14.0. The van der Waals surface area contributed by atoms with Gasteiger partial charge in [0.15, 0.2) is 5.76 Å². The van der Waals surface area contributed by atoms with Crippen molar-refractivity contribution in [1.82, 2.24) is 9.78 Å². The molecule has 0 aliphatic rings. The van der Waals surface area contributed by atoms with Gasteiger partial charge in [-0.3, -0.25) is 4.68 Å². The fourth-order valence-corrected chi connectivity index (χ4v) is 2.55. The van der Waals surface area contributed by atoms with Crippen molar-refractivity contribution < 1.29 is 4.42 Å². The van der Waals surface area contributed by atoms with E-state index in [4.69, 9.17) is 33.4 Å². The Kier molecular flexibility index (Phi) is 3.43. The van der Waals surface area contributed by atoms with Crippen molar-refractivity contribution in [3.05, 3.63) is 46.1 Å². The zero-order valence-corrected chi connectivity index (χ0v) is 13.0. The summed E-state index contributed by atoms with van der Waals surface area (Å²) in [5.74, 6) is 1.24. The molecule has 0 fully saturated rings. The van der Waals surface area contributed by atoms with Crippen LogP contribution in [0.2, 0.25) is 10.0 Å². The van der Waals surface area contributed by atoms with Crippen molar-refractivity contribution in [2.24, 2.45) is 7.05 Å². The molecule has 0 atom stereocenters. The number of aryl methyl sites for hydroxylation is 2. The minimum absolute atomic E-state index is 0.472. The first-order chi connectivity index (χ1) is 9.99. The molecule has 0 saturated carbocycles. The van der Waals surface area contributed by atoms with Crippen molar-refractivity contribution in [3.63, 3.8) is 0 Å². The largest absolute Gasteiger partial charge is 0.462 e. The van der Waals surface area contributed by atoms with E-state index in [1.807, 2.05) is 19.1 Å². The Morgan fingerprint density at radius 3 is 2.57 bits per heavy atom. The van der Waals surface area contributed by atoms with E-state index in [1.165, 1.54) is 0 Å². The number of halogens is 2. The van der Waals surface area contributed by atoms with E-state index in [-0.39, 0.29) is 0 Å². The van der Waals surface area contributed by atoms with Gasteiger partial charge in [0.25, 0.3) is 0 Å². The van der Waals surface area contributed by atoms with Crippen LogP contribution >= 0.6 is 23.2 Å². The molecule has 4 nitrogen and oxygen atoms in total. The van der Waals surface area contributed by atoms with E-state index in [1.54, 1.807) is 30.1 Å². The number of nitrogens with zero attached hydrogens (tertiary/aromatic N) is 2. The fourth-order valence-electron chi connectivity index (χ4n) is 2.25. The Morgan fingerprint density at radius 1 is 1.19 bits per heavy atom. The zero-order chi connectivity index (χ0) is 15.1. The third-order valence-electron chi connectivity index (χ3n) is 3.38. The smallest absolute Gasteiger partial charge is 0.157 e. The van der Waals surface area contributed by atoms with Crippen LogP contribution in [0.1, 0.15) is 5.56 Å². The lowest BCUT2D eigenvalue weighted by Gasteiger charge is -2.05. The molecule has 0 spiro atoms. The average Bonchev–Trinajstić information content (AvgIpc) is 2.98. The third kappa shape index (κ3) is 2.30. The van der Waals surface area contributed by atoms with Crippen LogP contribution in [0.3, 0.4) is 0 Å². The van der Waals surface area contributed by atoms with Crippen molar-refractivity contribution in [2.75, 3.05) is 5.73 Å². The number of benzene rings is 1. The second-order valence-corrected chi connectivity index (χ2v) is 5.61. The van der Waals surface area contributed by atoms with Crippen LogP contribution in [0.15, 0.2) is 34.9 Å². The molecule has 6 heteroatoms. The summed E-state index contributed by atoms with van der Waals surface area (Å²) < 4.78 is 7.16. The highest BCUT2D eigenvalue weighted by atomic mass is 35.5. The Labute approximate surface area is 132 Å². The maximum absolute atomic E-state index is 6.16. The molecule has 0 amide bonds. The van der Waals surface area contributed by atoms with Crippen LogP contribution in [0, 0.1) is 6.92 Å². The van der Waals surface area contributed by atoms with Gasteiger partial charge < -0.3 is 10.2 Å². The minimum atomic E-state index is 0.472. The summed E-state index contributed by atoms with van der Waals surface area (Å²) >= 11 is 12.1. The third-order valence-corrected chi connectivity index (χ3v) is 4.12. The lowest BCUT2D eigenvalue weighted by atomic mass is 10.0. The number of nitrogens with two attached hydrogens (primary N) is 1. The molecule has 0 bridgehead atoms. The SMILES string of the molecule is Cc1ccoc1-c1nn(C)c(N)c1-c1ccc(Cl)c(Cl)c1. The maximum atomic E-state index is 6.16. The van der Waals surface area contributed by atoms with E-state index in [2.05, 4.69) is 5.10 Å². The highest BCUT2D eigenvalue weighted by molar-refractivity contribution is 6.42. The van der Waals surface area contributed by atoms with E-state index in [9.17, 15) is 0 Å². The summed E-state index contributed by atoms with van der Waals surface area (Å²) in [5, 5.41) is 5.43. The van der Waals surface area contributed by atoms with Crippen LogP contribution in [-0.2, 0) is 7.05 Å². The van der Waals surface area contributed by atoms with Gasteiger partial charge in [-0.15, -0.1) is 0 Å². The quantitative estimate of drug-likeness (QED) is 0.753. The summed E-state index contributed by atoms with van der Waals surface area (Å²) in [7, 11) is 1.79. The molecule has 2 aromatic heterocycles. The Balaban J connectivity index is 2.27. The predicted octanol–water partition coefficient (Wildman–Crippen LogP) is 4.54. The molecule has 0 aliphatic heterocycles. The molecular weight excluding hydrogens is 309 g/mol. The predicted molar refractivity (Wildman–Crippen MR) is 85.5 cm³/mol. The number of hydrogen-bond donors (Lipinski definition) is 1. The number of nitrogen functional groups attached to an aromatic ring is 1. The molecular formula is C15H13Cl2N3O. The summed E-state index contributed by atoms with van der Waals surface area (Å²) in [4.78, 5) is 0. The minimum Gasteiger partial charge on any atom is -0.462 e. The van der Waals surface area contributed by atoms with Crippen LogP contribution in [0.25, 0.3) is 22.6 Å². The summed E-state index contributed by atoms with van der Waals surface area (Å²) in [5.41, 5.74) is 9.48. The van der Waals surface area contributed by atoms with Gasteiger partial charge in [0, 0.05) is 7.05 Å². The monoisotopic (exact) mass is 321 g/mol. The lowest BCUT2D eigenvalue weighted by Crippen LogP contribution is -1.98. The summed E-state index contributed by atoms with van der Waals surface area (Å²) in [6.45, 7) is 1.96. The van der Waals surface area contributed by atoms with Crippen LogP contribution in [0.5, 0.6) is 0 Å². The molecule has 3 aromatic rings. The van der Waals surface area contributed by atoms with Crippen molar-refractivity contribution >= 4 is 29.0 Å². The van der Waals surface area contributed by atoms with Gasteiger partial charge in [-0.1, -0.05) is 29.3 Å². The number of aromatic nitrogens is 2. The van der Waals surface area contributed by atoms with Gasteiger partial charge in [-0.2, -0.15) is 5.10 Å². The first-order valence-corrected chi connectivity index (χ1v) is 7.07. The maximum Gasteiger partial charge on any atom is 0.157 e. The van der Waals surface area contributed by atoms with E-state index in [0.717, 1.165) is 16.7 Å². The lowest BCUT2D eigenvalue weighted by molar-refractivity contribution is 0.576. The van der Waals surface area contributed by atoms with Gasteiger partial charge in [0.1, 0.15) is 11.5 Å². The summed E-state index contributed by atoms with van der Waals surface area (Å²) in [6, 6.07) is 7.27. The molecule has 0 unspecified atom stereocenters. The highest BCUT2D eigenvalue weighted by Crippen LogP contribution is 2.39. The molecule has 2 N–H and O–H groups in total. The number of rotatable bonds is 2. The first-order valence-electron chi connectivity index (χ1n) is 6.31. The van der Waals surface area contributed by atoms with Gasteiger partial charge in [-0.25, -0.2) is 0 Å². The van der Waals surface area contributed by atoms with E-state index >= 15 is 0 Å². The molecule has 0 saturated heterocycles. The Bertz CT molecular complexity index is 820. The van der Waals surface area contributed by atoms with Gasteiger partial charge >= 0.3 is 0 Å². The molecule has 108 valence electrons. The van der Waals surface area contributed by atoms with Crippen LogP contribution < -0.4 is 5.73 Å². The fraction of sp³-hybridized carbons (Fsp3) is 0.133. The van der Waals surface area contributed by atoms with E-state index in [0.29, 0.717) is 27.3 Å². The van der Waals surface area contributed by atoms with Gasteiger partial charge in [0.05, 0.1) is 21.9 Å². The standard InChI is InChI=1S/C15H13Cl2N3O/c1-8-5-6-21-14(8)13-12(15(18)20(2)19-13)9-3-4-10(16)11(17)7-9/h3-7H,18H2,1-2H3. The van der Waals surface area contributed by atoms with Crippen LogP contribution in [-0.4, -0.2) is 9.78 Å². The molecule has 0 aliphatic carbocycles. The number of hydrogen-bond acceptors (Lipinski definition) is 3. The molecule has 0 radical (unpaired) electrons.